The summed E-state index contributed by atoms with van der Waals surface area (Å²) < 4.78 is 0. The quantitative estimate of drug-likeness (QED) is 0.704. The second-order valence-electron chi connectivity index (χ2n) is 4.54. The molecule has 0 amide bonds. The summed E-state index contributed by atoms with van der Waals surface area (Å²) in [6.07, 6.45) is 6.51. The number of allylic oxidation sites excluding steroid dienone is 3. The monoisotopic (exact) mass is 208 g/mol. The van der Waals surface area contributed by atoms with Crippen molar-refractivity contribution < 1.29 is 9.90 Å². The third-order valence-electron chi connectivity index (χ3n) is 3.24. The Morgan fingerprint density at radius 1 is 1.67 bits per heavy atom. The summed E-state index contributed by atoms with van der Waals surface area (Å²) in [6.45, 7) is 7.60. The first-order chi connectivity index (χ1) is 7.07. The first-order valence-electron chi connectivity index (χ1n) is 5.56. The lowest BCUT2D eigenvalue weighted by Crippen LogP contribution is -2.46. The molecular formula is C13H20O2. The SMILES string of the molecule is C=C/C=C/C[C@@H](C)C(O)[C@H]1C(=O)CC1C. The lowest BCUT2D eigenvalue weighted by molar-refractivity contribution is -0.142. The third-order valence-corrected chi connectivity index (χ3v) is 3.24. The molecular weight excluding hydrogens is 188 g/mol. The fourth-order valence-electron chi connectivity index (χ4n) is 2.15. The van der Waals surface area contributed by atoms with Gasteiger partial charge in [-0.3, -0.25) is 4.79 Å². The second kappa shape index (κ2) is 5.26. The zero-order valence-corrected chi connectivity index (χ0v) is 9.52. The molecule has 0 aromatic carbocycles. The normalized spacial score (nSPS) is 29.9. The topological polar surface area (TPSA) is 37.3 Å². The van der Waals surface area contributed by atoms with Gasteiger partial charge in [-0.05, 0) is 18.3 Å². The number of Topliss-reactive ketones (excluding diaryl/α,β-unsaturated/α-hetero) is 1. The molecule has 0 bridgehead atoms. The van der Waals surface area contributed by atoms with Crippen LogP contribution < -0.4 is 0 Å². The lowest BCUT2D eigenvalue weighted by atomic mass is 9.67. The van der Waals surface area contributed by atoms with Crippen molar-refractivity contribution in [2.45, 2.75) is 32.8 Å². The molecule has 1 aliphatic rings. The third kappa shape index (κ3) is 2.78. The van der Waals surface area contributed by atoms with Crippen LogP contribution >= 0.6 is 0 Å². The van der Waals surface area contributed by atoms with E-state index in [0.29, 0.717) is 12.3 Å². The molecule has 0 aromatic heterocycles. The molecule has 0 radical (unpaired) electrons. The number of hydrogen-bond acceptors (Lipinski definition) is 2. The molecule has 2 unspecified atom stereocenters. The van der Waals surface area contributed by atoms with Crippen LogP contribution in [0.15, 0.2) is 24.8 Å². The number of hydrogen-bond donors (Lipinski definition) is 1. The Hall–Kier alpha value is -0.890. The van der Waals surface area contributed by atoms with Gasteiger partial charge in [-0.2, -0.15) is 0 Å². The summed E-state index contributed by atoms with van der Waals surface area (Å²) in [5.41, 5.74) is 0. The van der Waals surface area contributed by atoms with Crippen LogP contribution in [0.5, 0.6) is 0 Å². The molecule has 1 N–H and O–H groups in total. The van der Waals surface area contributed by atoms with Crippen molar-refractivity contribution in [3.05, 3.63) is 24.8 Å². The van der Waals surface area contributed by atoms with Crippen molar-refractivity contribution in [3.63, 3.8) is 0 Å². The van der Waals surface area contributed by atoms with E-state index >= 15 is 0 Å². The highest BCUT2D eigenvalue weighted by Gasteiger charge is 2.42. The van der Waals surface area contributed by atoms with Gasteiger partial charge in [0.2, 0.25) is 0 Å². The van der Waals surface area contributed by atoms with Crippen LogP contribution in [-0.2, 0) is 4.79 Å². The van der Waals surface area contributed by atoms with Crippen molar-refractivity contribution in [3.8, 4) is 0 Å². The minimum absolute atomic E-state index is 0.128. The average Bonchev–Trinajstić information content (AvgIpc) is 2.17. The maximum Gasteiger partial charge on any atom is 0.139 e. The standard InChI is InChI=1S/C13H20O2/c1-4-5-6-7-9(2)13(15)12-10(3)8-11(12)14/h4-6,9-10,12-13,15H,1,7-8H2,2-3H3/b6-5+/t9-,10?,12-,13?/m1/s1. The summed E-state index contributed by atoms with van der Waals surface area (Å²) >= 11 is 0. The number of carbonyl (C=O) groups is 1. The Morgan fingerprint density at radius 3 is 2.80 bits per heavy atom. The number of rotatable bonds is 5. The van der Waals surface area contributed by atoms with Crippen LogP contribution in [0.3, 0.4) is 0 Å². The second-order valence-corrected chi connectivity index (χ2v) is 4.54. The van der Waals surface area contributed by atoms with Gasteiger partial charge in [0, 0.05) is 12.3 Å². The Labute approximate surface area is 91.7 Å². The van der Waals surface area contributed by atoms with Crippen LogP contribution in [0.4, 0.5) is 0 Å². The molecule has 15 heavy (non-hydrogen) atoms. The molecule has 1 saturated carbocycles. The first-order valence-corrected chi connectivity index (χ1v) is 5.56. The van der Waals surface area contributed by atoms with Gasteiger partial charge < -0.3 is 5.11 Å². The van der Waals surface area contributed by atoms with E-state index in [1.165, 1.54) is 0 Å². The Kier molecular flexibility index (Phi) is 4.28. The van der Waals surface area contributed by atoms with Crippen LogP contribution in [0.2, 0.25) is 0 Å². The molecule has 2 nitrogen and oxygen atoms in total. The Bertz CT molecular complexity index is 268. The summed E-state index contributed by atoms with van der Waals surface area (Å²) in [5, 5.41) is 10.00. The molecule has 0 saturated heterocycles. The van der Waals surface area contributed by atoms with Crippen molar-refractivity contribution in [2.75, 3.05) is 0 Å². The number of aliphatic hydroxyl groups is 1. The molecule has 84 valence electrons. The Morgan fingerprint density at radius 2 is 2.33 bits per heavy atom. The van der Waals surface area contributed by atoms with E-state index in [1.807, 2.05) is 26.0 Å². The number of carbonyl (C=O) groups excluding carboxylic acids is 1. The van der Waals surface area contributed by atoms with Gasteiger partial charge >= 0.3 is 0 Å². The average molecular weight is 208 g/mol. The Balaban J connectivity index is 2.44. The molecule has 4 atom stereocenters. The van der Waals surface area contributed by atoms with Crippen molar-refractivity contribution in [2.24, 2.45) is 17.8 Å². The molecule has 0 heterocycles. The van der Waals surface area contributed by atoms with E-state index in [0.717, 1.165) is 6.42 Å². The molecule has 2 heteroatoms. The van der Waals surface area contributed by atoms with Crippen molar-refractivity contribution in [1.82, 2.24) is 0 Å². The number of ketones is 1. The van der Waals surface area contributed by atoms with Gasteiger partial charge in [0.25, 0.3) is 0 Å². The van der Waals surface area contributed by atoms with Crippen LogP contribution in [0.1, 0.15) is 26.7 Å². The zero-order chi connectivity index (χ0) is 11.4. The van der Waals surface area contributed by atoms with Crippen LogP contribution in [-0.4, -0.2) is 17.0 Å². The van der Waals surface area contributed by atoms with Crippen molar-refractivity contribution in [1.29, 1.82) is 0 Å². The highest BCUT2D eigenvalue weighted by Crippen LogP contribution is 2.36. The van der Waals surface area contributed by atoms with Gasteiger partial charge in [0.05, 0.1) is 6.10 Å². The smallest absolute Gasteiger partial charge is 0.139 e. The van der Waals surface area contributed by atoms with Gasteiger partial charge in [0.15, 0.2) is 0 Å². The van der Waals surface area contributed by atoms with E-state index < -0.39 is 6.10 Å². The lowest BCUT2D eigenvalue weighted by Gasteiger charge is -2.38. The number of aliphatic hydroxyl groups excluding tert-OH is 1. The van der Waals surface area contributed by atoms with Gasteiger partial charge in [-0.25, -0.2) is 0 Å². The molecule has 1 rings (SSSR count). The summed E-state index contributed by atoms with van der Waals surface area (Å²) in [6, 6.07) is 0. The summed E-state index contributed by atoms with van der Waals surface area (Å²) in [7, 11) is 0. The molecule has 0 aromatic rings. The maximum absolute atomic E-state index is 11.3. The fourth-order valence-corrected chi connectivity index (χ4v) is 2.15. The molecule has 1 fully saturated rings. The molecule has 0 spiro atoms. The molecule has 1 aliphatic carbocycles. The maximum atomic E-state index is 11.3. The minimum atomic E-state index is -0.490. The van der Waals surface area contributed by atoms with E-state index in [1.54, 1.807) is 6.08 Å². The summed E-state index contributed by atoms with van der Waals surface area (Å²) in [4.78, 5) is 11.3. The highest BCUT2D eigenvalue weighted by molar-refractivity contribution is 5.87. The minimum Gasteiger partial charge on any atom is -0.392 e. The predicted octanol–water partition coefficient (Wildman–Crippen LogP) is 2.34. The van der Waals surface area contributed by atoms with Crippen LogP contribution in [0, 0.1) is 17.8 Å². The van der Waals surface area contributed by atoms with E-state index in [9.17, 15) is 9.90 Å². The first kappa shape index (κ1) is 12.2. The van der Waals surface area contributed by atoms with E-state index in [4.69, 9.17) is 0 Å². The van der Waals surface area contributed by atoms with Crippen molar-refractivity contribution >= 4 is 5.78 Å². The largest absolute Gasteiger partial charge is 0.392 e. The summed E-state index contributed by atoms with van der Waals surface area (Å²) in [5.74, 6) is 0.572. The zero-order valence-electron chi connectivity index (χ0n) is 9.52. The fraction of sp³-hybridized carbons (Fsp3) is 0.615. The van der Waals surface area contributed by atoms with Gasteiger partial charge in [0.1, 0.15) is 5.78 Å². The van der Waals surface area contributed by atoms with E-state index in [-0.39, 0.29) is 17.6 Å². The predicted molar refractivity (Wildman–Crippen MR) is 61.4 cm³/mol. The van der Waals surface area contributed by atoms with E-state index in [2.05, 4.69) is 6.58 Å². The molecule has 0 aliphatic heterocycles. The van der Waals surface area contributed by atoms with Crippen LogP contribution in [0.25, 0.3) is 0 Å². The van der Waals surface area contributed by atoms with Gasteiger partial charge in [-0.15, -0.1) is 0 Å². The highest BCUT2D eigenvalue weighted by atomic mass is 16.3. The van der Waals surface area contributed by atoms with Gasteiger partial charge in [-0.1, -0.05) is 38.7 Å².